The highest BCUT2D eigenvalue weighted by Crippen LogP contribution is 2.17. The van der Waals surface area contributed by atoms with Gasteiger partial charge >= 0.3 is 0 Å². The van der Waals surface area contributed by atoms with Crippen LogP contribution in [0.25, 0.3) is 5.69 Å². The number of imidazole rings is 1. The molecule has 0 amide bonds. The Balaban J connectivity index is 1.38. The molecule has 5 heteroatoms. The van der Waals surface area contributed by atoms with E-state index in [-0.39, 0.29) is 0 Å². The van der Waals surface area contributed by atoms with E-state index < -0.39 is 0 Å². The summed E-state index contributed by atoms with van der Waals surface area (Å²) in [6.07, 6.45) is 5.64. The minimum atomic E-state index is 0.702. The van der Waals surface area contributed by atoms with Crippen LogP contribution in [-0.2, 0) is 6.54 Å². The van der Waals surface area contributed by atoms with E-state index >= 15 is 0 Å². The van der Waals surface area contributed by atoms with E-state index in [0.717, 1.165) is 6.54 Å². The maximum absolute atomic E-state index is 4.11. The molecule has 0 aliphatic carbocycles. The average Bonchev–Trinajstić information content (AvgIpc) is 3.10. The minimum Gasteiger partial charge on any atom is -0.306 e. The Kier molecular flexibility index (Phi) is 4.16. The summed E-state index contributed by atoms with van der Waals surface area (Å²) in [5.74, 6) is 0. The second kappa shape index (κ2) is 6.43. The van der Waals surface area contributed by atoms with E-state index in [1.54, 1.807) is 0 Å². The molecule has 3 heterocycles. The van der Waals surface area contributed by atoms with E-state index in [0.29, 0.717) is 6.04 Å². The normalized spacial score (nSPS) is 23.8. The van der Waals surface area contributed by atoms with Crippen molar-refractivity contribution in [3.05, 3.63) is 48.5 Å². The molecule has 4 rings (SSSR count). The Hall–Kier alpha value is -1.69. The summed E-state index contributed by atoms with van der Waals surface area (Å²) in [5, 5.41) is 0. The van der Waals surface area contributed by atoms with Crippen LogP contribution in [0.1, 0.15) is 5.56 Å². The number of rotatable bonds is 3. The third-order valence-corrected chi connectivity index (χ3v) is 5.13. The molecule has 0 spiro atoms. The summed E-state index contributed by atoms with van der Waals surface area (Å²) >= 11 is 0. The smallest absolute Gasteiger partial charge is 0.0991 e. The van der Waals surface area contributed by atoms with Crippen LogP contribution in [0.4, 0.5) is 0 Å². The maximum atomic E-state index is 4.11. The van der Waals surface area contributed by atoms with Crippen molar-refractivity contribution in [1.82, 2.24) is 24.3 Å². The summed E-state index contributed by atoms with van der Waals surface area (Å²) in [7, 11) is 2.24. The predicted molar refractivity (Wildman–Crippen MR) is 91.7 cm³/mol. The fourth-order valence-corrected chi connectivity index (χ4v) is 3.76. The molecule has 1 atom stereocenters. The molecule has 2 saturated heterocycles. The predicted octanol–water partition coefficient (Wildman–Crippen LogP) is 1.30. The first-order valence-electron chi connectivity index (χ1n) is 8.50. The number of nitrogens with zero attached hydrogens (tertiary/aromatic N) is 5. The van der Waals surface area contributed by atoms with Crippen LogP contribution >= 0.6 is 0 Å². The van der Waals surface area contributed by atoms with E-state index in [9.17, 15) is 0 Å². The van der Waals surface area contributed by atoms with Crippen LogP contribution in [0.2, 0.25) is 0 Å². The highest BCUT2D eigenvalue weighted by molar-refractivity contribution is 5.34. The molecule has 2 aliphatic rings. The fourth-order valence-electron chi connectivity index (χ4n) is 3.76. The zero-order valence-corrected chi connectivity index (χ0v) is 13.8. The van der Waals surface area contributed by atoms with Crippen LogP contribution in [0, 0.1) is 0 Å². The van der Waals surface area contributed by atoms with E-state index in [2.05, 4.69) is 51.0 Å². The lowest BCUT2D eigenvalue weighted by molar-refractivity contribution is 0.0175. The third-order valence-electron chi connectivity index (χ3n) is 5.13. The van der Waals surface area contributed by atoms with Gasteiger partial charge in [0.2, 0.25) is 0 Å². The molecule has 0 bridgehead atoms. The Morgan fingerprint density at radius 3 is 2.65 bits per heavy atom. The molecular weight excluding hydrogens is 286 g/mol. The van der Waals surface area contributed by atoms with Gasteiger partial charge in [0.1, 0.15) is 0 Å². The molecule has 2 aliphatic heterocycles. The van der Waals surface area contributed by atoms with Crippen molar-refractivity contribution in [1.29, 1.82) is 0 Å². The third kappa shape index (κ3) is 3.32. The van der Waals surface area contributed by atoms with Gasteiger partial charge in [-0.1, -0.05) is 12.1 Å². The lowest BCUT2D eigenvalue weighted by Gasteiger charge is -2.46. The molecule has 0 saturated carbocycles. The molecule has 2 fully saturated rings. The molecule has 1 aromatic heterocycles. The molecule has 0 radical (unpaired) electrons. The number of piperazine rings is 2. The minimum absolute atomic E-state index is 0.702. The molecule has 5 nitrogen and oxygen atoms in total. The van der Waals surface area contributed by atoms with Gasteiger partial charge in [-0.3, -0.25) is 9.80 Å². The second-order valence-electron chi connectivity index (χ2n) is 6.82. The maximum Gasteiger partial charge on any atom is 0.0991 e. The average molecular weight is 311 g/mol. The van der Waals surface area contributed by atoms with Gasteiger partial charge in [0.25, 0.3) is 0 Å². The monoisotopic (exact) mass is 311 g/mol. The van der Waals surface area contributed by atoms with Gasteiger partial charge < -0.3 is 9.47 Å². The Morgan fingerprint density at radius 1 is 1.04 bits per heavy atom. The van der Waals surface area contributed by atoms with Crippen LogP contribution in [0.15, 0.2) is 43.0 Å². The van der Waals surface area contributed by atoms with Crippen LogP contribution in [0.5, 0.6) is 0 Å². The highest BCUT2D eigenvalue weighted by atomic mass is 15.3. The van der Waals surface area contributed by atoms with Gasteiger partial charge in [0.05, 0.1) is 6.33 Å². The van der Waals surface area contributed by atoms with Gasteiger partial charge in [-0.15, -0.1) is 0 Å². The molecular formula is C18H25N5. The first-order chi connectivity index (χ1) is 11.3. The molecule has 2 aromatic rings. The fraction of sp³-hybridized carbons (Fsp3) is 0.500. The van der Waals surface area contributed by atoms with Crippen molar-refractivity contribution in [3.8, 4) is 5.69 Å². The second-order valence-corrected chi connectivity index (χ2v) is 6.82. The zero-order chi connectivity index (χ0) is 15.6. The number of likely N-dealkylation sites (N-methyl/N-ethyl adjacent to an activating group) is 1. The van der Waals surface area contributed by atoms with Crippen molar-refractivity contribution < 1.29 is 0 Å². The van der Waals surface area contributed by atoms with Crippen molar-refractivity contribution in [3.63, 3.8) is 0 Å². The first-order valence-corrected chi connectivity index (χ1v) is 8.50. The van der Waals surface area contributed by atoms with Gasteiger partial charge in [0.15, 0.2) is 0 Å². The van der Waals surface area contributed by atoms with Crippen LogP contribution in [-0.4, -0.2) is 76.6 Å². The topological polar surface area (TPSA) is 27.5 Å². The summed E-state index contributed by atoms with van der Waals surface area (Å²) in [6, 6.07) is 9.56. The lowest BCUT2D eigenvalue weighted by atomic mass is 10.1. The van der Waals surface area contributed by atoms with Gasteiger partial charge in [0, 0.05) is 69.9 Å². The van der Waals surface area contributed by atoms with Crippen LogP contribution in [0.3, 0.4) is 0 Å². The zero-order valence-electron chi connectivity index (χ0n) is 13.8. The van der Waals surface area contributed by atoms with Crippen molar-refractivity contribution in [2.45, 2.75) is 12.6 Å². The largest absolute Gasteiger partial charge is 0.306 e. The number of hydrogen-bond acceptors (Lipinski definition) is 4. The number of fused-ring (bicyclic) bond motifs is 1. The molecule has 122 valence electrons. The number of hydrogen-bond donors (Lipinski definition) is 0. The highest BCUT2D eigenvalue weighted by Gasteiger charge is 2.30. The molecule has 0 N–H and O–H groups in total. The molecule has 23 heavy (non-hydrogen) atoms. The van der Waals surface area contributed by atoms with Crippen molar-refractivity contribution in [2.24, 2.45) is 0 Å². The summed E-state index contributed by atoms with van der Waals surface area (Å²) in [4.78, 5) is 11.8. The Bertz CT molecular complexity index is 621. The number of aromatic nitrogens is 2. The summed E-state index contributed by atoms with van der Waals surface area (Å²) in [6.45, 7) is 8.29. The van der Waals surface area contributed by atoms with Gasteiger partial charge in [-0.05, 0) is 24.7 Å². The molecule has 0 unspecified atom stereocenters. The van der Waals surface area contributed by atoms with E-state index in [1.807, 2.05) is 23.3 Å². The first kappa shape index (κ1) is 14.9. The van der Waals surface area contributed by atoms with Gasteiger partial charge in [-0.2, -0.15) is 0 Å². The van der Waals surface area contributed by atoms with E-state index in [1.165, 1.54) is 50.5 Å². The quantitative estimate of drug-likeness (QED) is 0.854. The standard InChI is InChI=1S/C18H25N5/c1-20-8-10-22-11-9-21(14-18(22)13-20)12-16-2-4-17(5-3-16)23-7-6-19-15-23/h2-7,15,18H,8-14H2,1H3/t18-/m0/s1. The Labute approximate surface area is 138 Å². The Morgan fingerprint density at radius 2 is 1.87 bits per heavy atom. The lowest BCUT2D eigenvalue weighted by Crippen LogP contribution is -2.60. The summed E-state index contributed by atoms with van der Waals surface area (Å²) < 4.78 is 2.04. The van der Waals surface area contributed by atoms with Crippen LogP contribution < -0.4 is 0 Å². The summed E-state index contributed by atoms with van der Waals surface area (Å²) in [5.41, 5.74) is 2.57. The van der Waals surface area contributed by atoms with Crippen molar-refractivity contribution >= 4 is 0 Å². The molecule has 1 aromatic carbocycles. The van der Waals surface area contributed by atoms with Gasteiger partial charge in [-0.25, -0.2) is 4.98 Å². The number of benzene rings is 1. The van der Waals surface area contributed by atoms with E-state index in [4.69, 9.17) is 0 Å². The van der Waals surface area contributed by atoms with Crippen molar-refractivity contribution in [2.75, 3.05) is 46.3 Å². The SMILES string of the molecule is CN1CCN2CCN(Cc3ccc(-n4ccnc4)cc3)C[C@@H]2C1.